The monoisotopic (exact) mass is 256 g/mol. The number of hydrogen-bond acceptors (Lipinski definition) is 2. The minimum Gasteiger partial charge on any atom is -0.493 e. The molecule has 0 heterocycles. The number of rotatable bonds is 8. The fourth-order valence-corrected chi connectivity index (χ4v) is 2.06. The quantitative estimate of drug-likeness (QED) is 0.511. The van der Waals surface area contributed by atoms with Crippen molar-refractivity contribution in [2.75, 3.05) is 13.7 Å². The van der Waals surface area contributed by atoms with Crippen LogP contribution in [-0.4, -0.2) is 19.1 Å². The van der Waals surface area contributed by atoms with Crippen molar-refractivity contribution in [3.63, 3.8) is 0 Å². The number of benzene rings is 1. The molecular weight excluding hydrogens is 236 g/mol. The number of methoxy groups -OCH3 is 1. The van der Waals surface area contributed by atoms with Gasteiger partial charge in [0.1, 0.15) is 0 Å². The van der Waals surface area contributed by atoms with Crippen LogP contribution in [0, 0.1) is 0 Å². The predicted octanol–water partition coefficient (Wildman–Crippen LogP) is 4.26. The molecule has 0 amide bonds. The zero-order valence-corrected chi connectivity index (χ0v) is 11.4. The molecule has 0 N–H and O–H groups in total. The molecule has 3 heteroatoms. The molecule has 1 atom stereocenters. The van der Waals surface area contributed by atoms with E-state index in [4.69, 9.17) is 21.1 Å². The highest BCUT2D eigenvalue weighted by atomic mass is 35.5. The molecule has 1 aromatic rings. The smallest absolute Gasteiger partial charge is 0.161 e. The first-order chi connectivity index (χ1) is 8.27. The molecule has 0 saturated heterocycles. The summed E-state index contributed by atoms with van der Waals surface area (Å²) < 4.78 is 10.9. The zero-order chi connectivity index (χ0) is 12.5. The second kappa shape index (κ2) is 8.24. The van der Waals surface area contributed by atoms with Crippen molar-refractivity contribution >= 4 is 11.6 Å². The summed E-state index contributed by atoms with van der Waals surface area (Å²) in [7, 11) is 1.65. The van der Waals surface area contributed by atoms with Gasteiger partial charge in [0.05, 0.1) is 13.7 Å². The van der Waals surface area contributed by atoms with Crippen molar-refractivity contribution < 1.29 is 9.47 Å². The van der Waals surface area contributed by atoms with Crippen molar-refractivity contribution in [3.05, 3.63) is 24.3 Å². The minimum absolute atomic E-state index is 0.279. The van der Waals surface area contributed by atoms with Gasteiger partial charge in [0.2, 0.25) is 0 Å². The summed E-state index contributed by atoms with van der Waals surface area (Å²) in [6, 6.07) is 7.70. The van der Waals surface area contributed by atoms with Crippen molar-refractivity contribution in [1.29, 1.82) is 0 Å². The number of para-hydroxylation sites is 2. The lowest BCUT2D eigenvalue weighted by atomic mass is 10.1. The van der Waals surface area contributed by atoms with Gasteiger partial charge in [0, 0.05) is 5.38 Å². The topological polar surface area (TPSA) is 18.5 Å². The largest absolute Gasteiger partial charge is 0.493 e. The maximum absolute atomic E-state index is 6.14. The second-order valence-corrected chi connectivity index (χ2v) is 4.64. The lowest BCUT2D eigenvalue weighted by Gasteiger charge is -2.11. The van der Waals surface area contributed by atoms with Gasteiger partial charge in [-0.05, 0) is 31.4 Å². The van der Waals surface area contributed by atoms with Gasteiger partial charge in [-0.2, -0.15) is 0 Å². The molecule has 0 radical (unpaired) electrons. The van der Waals surface area contributed by atoms with Crippen LogP contribution in [0.2, 0.25) is 0 Å². The molecule has 1 rings (SSSR count). The maximum atomic E-state index is 6.14. The average molecular weight is 257 g/mol. The predicted molar refractivity (Wildman–Crippen MR) is 72.3 cm³/mol. The fourth-order valence-electron chi connectivity index (χ4n) is 1.68. The van der Waals surface area contributed by atoms with Crippen LogP contribution < -0.4 is 9.47 Å². The molecule has 17 heavy (non-hydrogen) atoms. The van der Waals surface area contributed by atoms with E-state index in [1.807, 2.05) is 24.3 Å². The number of halogens is 1. The van der Waals surface area contributed by atoms with E-state index in [2.05, 4.69) is 6.92 Å². The van der Waals surface area contributed by atoms with Crippen LogP contribution in [0.4, 0.5) is 0 Å². The Labute approximate surface area is 109 Å². The zero-order valence-electron chi connectivity index (χ0n) is 10.6. The first kappa shape index (κ1) is 14.2. The summed E-state index contributed by atoms with van der Waals surface area (Å²) in [4.78, 5) is 0. The Balaban J connectivity index is 2.26. The first-order valence-electron chi connectivity index (χ1n) is 6.17. The van der Waals surface area contributed by atoms with Gasteiger partial charge in [0.25, 0.3) is 0 Å². The number of alkyl halides is 1. The van der Waals surface area contributed by atoms with Crippen LogP contribution in [0.5, 0.6) is 11.5 Å². The Morgan fingerprint density at radius 1 is 1.18 bits per heavy atom. The fraction of sp³-hybridized carbons (Fsp3) is 0.571. The van der Waals surface area contributed by atoms with Gasteiger partial charge in [-0.1, -0.05) is 25.5 Å². The summed E-state index contributed by atoms with van der Waals surface area (Å²) in [5.41, 5.74) is 0. The van der Waals surface area contributed by atoms with Gasteiger partial charge in [-0.3, -0.25) is 0 Å². The molecular formula is C14H21ClO2. The summed E-state index contributed by atoms with van der Waals surface area (Å²) >= 11 is 6.14. The maximum Gasteiger partial charge on any atom is 0.161 e. The Bertz CT molecular complexity index is 315. The van der Waals surface area contributed by atoms with Crippen LogP contribution in [0.3, 0.4) is 0 Å². The lowest BCUT2D eigenvalue weighted by molar-refractivity contribution is 0.285. The van der Waals surface area contributed by atoms with Crippen LogP contribution in [0.15, 0.2) is 24.3 Å². The highest BCUT2D eigenvalue weighted by molar-refractivity contribution is 6.20. The van der Waals surface area contributed by atoms with E-state index >= 15 is 0 Å². The van der Waals surface area contributed by atoms with E-state index in [1.54, 1.807) is 7.11 Å². The molecule has 96 valence electrons. The molecule has 1 aromatic carbocycles. The summed E-state index contributed by atoms with van der Waals surface area (Å²) in [6.07, 6.45) is 4.20. The normalized spacial score (nSPS) is 12.2. The summed E-state index contributed by atoms with van der Waals surface area (Å²) in [5.74, 6) is 1.58. The number of hydrogen-bond donors (Lipinski definition) is 0. The van der Waals surface area contributed by atoms with E-state index in [1.165, 1.54) is 0 Å². The van der Waals surface area contributed by atoms with Gasteiger partial charge < -0.3 is 9.47 Å². The van der Waals surface area contributed by atoms with E-state index in [-0.39, 0.29) is 5.38 Å². The Kier molecular flexibility index (Phi) is 6.87. The second-order valence-electron chi connectivity index (χ2n) is 4.03. The summed E-state index contributed by atoms with van der Waals surface area (Å²) in [6.45, 7) is 2.84. The third kappa shape index (κ3) is 5.31. The molecule has 0 spiro atoms. The molecule has 0 saturated carbocycles. The number of ether oxygens (including phenoxy) is 2. The molecule has 0 aliphatic heterocycles. The van der Waals surface area contributed by atoms with Crippen LogP contribution >= 0.6 is 11.6 Å². The Morgan fingerprint density at radius 3 is 2.53 bits per heavy atom. The van der Waals surface area contributed by atoms with Crippen molar-refractivity contribution in [1.82, 2.24) is 0 Å². The van der Waals surface area contributed by atoms with Crippen molar-refractivity contribution in [2.24, 2.45) is 0 Å². The third-order valence-electron chi connectivity index (χ3n) is 2.59. The standard InChI is InChI=1S/C14H21ClO2/c1-3-7-12(15)8-6-11-17-14-10-5-4-9-13(14)16-2/h4-5,9-10,12H,3,6-8,11H2,1-2H3. The van der Waals surface area contributed by atoms with E-state index < -0.39 is 0 Å². The molecule has 0 aliphatic carbocycles. The van der Waals surface area contributed by atoms with Gasteiger partial charge >= 0.3 is 0 Å². The molecule has 2 nitrogen and oxygen atoms in total. The first-order valence-corrected chi connectivity index (χ1v) is 6.61. The van der Waals surface area contributed by atoms with E-state index in [9.17, 15) is 0 Å². The van der Waals surface area contributed by atoms with Crippen molar-refractivity contribution in [3.8, 4) is 11.5 Å². The lowest BCUT2D eigenvalue weighted by Crippen LogP contribution is -2.04. The molecule has 1 unspecified atom stereocenters. The van der Waals surface area contributed by atoms with Gasteiger partial charge in [-0.15, -0.1) is 11.6 Å². The van der Waals surface area contributed by atoms with Crippen LogP contribution in [0.1, 0.15) is 32.6 Å². The molecule has 0 fully saturated rings. The van der Waals surface area contributed by atoms with Crippen LogP contribution in [-0.2, 0) is 0 Å². The van der Waals surface area contributed by atoms with Gasteiger partial charge in [-0.25, -0.2) is 0 Å². The molecule has 0 aliphatic rings. The highest BCUT2D eigenvalue weighted by Crippen LogP contribution is 2.26. The third-order valence-corrected chi connectivity index (χ3v) is 3.03. The Hall–Kier alpha value is -0.890. The summed E-state index contributed by atoms with van der Waals surface area (Å²) in [5, 5.41) is 0.279. The molecule has 0 aromatic heterocycles. The SMILES string of the molecule is CCCC(Cl)CCCOc1ccccc1OC. The van der Waals surface area contributed by atoms with E-state index in [0.29, 0.717) is 6.61 Å². The van der Waals surface area contributed by atoms with E-state index in [0.717, 1.165) is 37.2 Å². The van der Waals surface area contributed by atoms with Gasteiger partial charge in [0.15, 0.2) is 11.5 Å². The average Bonchev–Trinajstić information content (AvgIpc) is 2.35. The molecule has 0 bridgehead atoms. The van der Waals surface area contributed by atoms with Crippen LogP contribution in [0.25, 0.3) is 0 Å². The highest BCUT2D eigenvalue weighted by Gasteiger charge is 2.05. The van der Waals surface area contributed by atoms with Crippen molar-refractivity contribution in [2.45, 2.75) is 38.0 Å². The Morgan fingerprint density at radius 2 is 1.88 bits per heavy atom. The minimum atomic E-state index is 0.279.